The fourth-order valence-corrected chi connectivity index (χ4v) is 3.71. The Labute approximate surface area is 159 Å². The molecule has 148 valence electrons. The van der Waals surface area contributed by atoms with Crippen molar-refractivity contribution in [2.75, 3.05) is 7.11 Å². The highest BCUT2D eigenvalue weighted by atomic mass is 16.5. The van der Waals surface area contributed by atoms with Crippen LogP contribution in [0.4, 0.5) is 0 Å². The van der Waals surface area contributed by atoms with E-state index in [4.69, 9.17) is 9.47 Å². The number of rotatable bonds is 3. The molecular formula is C19H22N2O7+2. The van der Waals surface area contributed by atoms with Crippen molar-refractivity contribution in [3.63, 3.8) is 0 Å². The van der Waals surface area contributed by atoms with E-state index in [9.17, 15) is 25.7 Å². The van der Waals surface area contributed by atoms with Gasteiger partial charge in [0.05, 0.1) is 13.2 Å². The number of methoxy groups -OCH3 is 1. The Morgan fingerprint density at radius 2 is 1.39 bits per heavy atom. The monoisotopic (exact) mass is 390 g/mol. The molecule has 1 fully saturated rings. The zero-order valence-electron chi connectivity index (χ0n) is 15.1. The number of aliphatic hydroxyl groups excluding tert-OH is 3. The van der Waals surface area contributed by atoms with Gasteiger partial charge in [-0.05, 0) is 25.0 Å². The number of para-hydroxylation sites is 2. The fraction of sp³-hybridized carbons (Fsp3) is 0.368. The van der Waals surface area contributed by atoms with E-state index in [1.54, 1.807) is 36.4 Å². The second kappa shape index (κ2) is 6.93. The number of fused-ring (bicyclic) bond motifs is 2. The molecule has 9 heteroatoms. The Morgan fingerprint density at radius 3 is 2.00 bits per heavy atom. The first-order valence-corrected chi connectivity index (χ1v) is 8.93. The van der Waals surface area contributed by atoms with Crippen LogP contribution < -0.4 is 18.9 Å². The summed E-state index contributed by atoms with van der Waals surface area (Å²) < 4.78 is 12.9. The van der Waals surface area contributed by atoms with Crippen LogP contribution in [0.25, 0.3) is 22.1 Å². The van der Waals surface area contributed by atoms with Crippen LogP contribution in [0.5, 0.6) is 11.5 Å². The van der Waals surface area contributed by atoms with Gasteiger partial charge in [0.2, 0.25) is 11.5 Å². The topological polar surface area (TPSA) is 127 Å². The summed E-state index contributed by atoms with van der Waals surface area (Å²) in [6, 6.07) is 9.75. The van der Waals surface area contributed by atoms with E-state index in [1.165, 1.54) is 7.11 Å². The van der Waals surface area contributed by atoms with E-state index in [1.807, 2.05) is 0 Å². The lowest BCUT2D eigenvalue weighted by Crippen LogP contribution is -2.51. The van der Waals surface area contributed by atoms with Gasteiger partial charge in [0.1, 0.15) is 18.3 Å². The predicted molar refractivity (Wildman–Crippen MR) is 94.4 cm³/mol. The fourth-order valence-electron chi connectivity index (χ4n) is 3.71. The van der Waals surface area contributed by atoms with Crippen LogP contribution in [0.3, 0.4) is 0 Å². The summed E-state index contributed by atoms with van der Waals surface area (Å²) in [5, 5.41) is 51.4. The largest absolute Gasteiger partial charge is 0.490 e. The summed E-state index contributed by atoms with van der Waals surface area (Å²) in [5.41, 5.74) is 0.986. The van der Waals surface area contributed by atoms with Gasteiger partial charge in [-0.1, -0.05) is 12.1 Å². The third-order valence-corrected chi connectivity index (χ3v) is 5.21. The van der Waals surface area contributed by atoms with Crippen LogP contribution in [0.1, 0.15) is 12.8 Å². The number of hydrogen-bond acceptors (Lipinski definition) is 7. The Hall–Kier alpha value is -2.88. The molecule has 28 heavy (non-hydrogen) atoms. The van der Waals surface area contributed by atoms with E-state index in [0.717, 1.165) is 9.46 Å². The first-order chi connectivity index (χ1) is 13.4. The SMILES string of the molecule is COc1cccc2c1[n+](O)c1cccc(O[C@@H]3CC[C@@H](O)[C@H](O)[C@H]3O)c1[n+]2O. The quantitative estimate of drug-likeness (QED) is 0.236. The third-order valence-electron chi connectivity index (χ3n) is 5.21. The molecule has 5 N–H and O–H groups in total. The first kappa shape index (κ1) is 18.5. The molecule has 0 bridgehead atoms. The Bertz CT molecular complexity index is 1040. The number of aliphatic hydroxyl groups is 3. The summed E-state index contributed by atoms with van der Waals surface area (Å²) in [6.45, 7) is 0. The summed E-state index contributed by atoms with van der Waals surface area (Å²) in [5.74, 6) is 0.580. The van der Waals surface area contributed by atoms with Crippen LogP contribution in [-0.4, -0.2) is 57.3 Å². The molecule has 3 aromatic rings. The van der Waals surface area contributed by atoms with Crippen molar-refractivity contribution >= 4 is 22.1 Å². The smallest absolute Gasteiger partial charge is 0.375 e. The van der Waals surface area contributed by atoms with Gasteiger partial charge in [-0.25, -0.2) is 0 Å². The molecule has 2 aromatic carbocycles. The van der Waals surface area contributed by atoms with E-state index in [0.29, 0.717) is 12.2 Å². The maximum atomic E-state index is 10.8. The molecule has 0 unspecified atom stereocenters. The molecule has 0 aliphatic heterocycles. The maximum absolute atomic E-state index is 10.8. The zero-order valence-corrected chi connectivity index (χ0v) is 15.1. The first-order valence-electron chi connectivity index (χ1n) is 8.93. The van der Waals surface area contributed by atoms with Gasteiger partial charge in [0.25, 0.3) is 0 Å². The Balaban J connectivity index is 1.87. The predicted octanol–water partition coefficient (Wildman–Crippen LogP) is -0.325. The van der Waals surface area contributed by atoms with E-state index < -0.39 is 24.4 Å². The summed E-state index contributed by atoms with van der Waals surface area (Å²) in [7, 11) is 1.46. The van der Waals surface area contributed by atoms with Gasteiger partial charge >= 0.3 is 22.1 Å². The van der Waals surface area contributed by atoms with Gasteiger partial charge in [-0.15, -0.1) is 0 Å². The van der Waals surface area contributed by atoms with Gasteiger partial charge < -0.3 is 24.8 Å². The van der Waals surface area contributed by atoms with Crippen LogP contribution in [0.2, 0.25) is 0 Å². The lowest BCUT2D eigenvalue weighted by atomic mass is 9.89. The van der Waals surface area contributed by atoms with Crippen molar-refractivity contribution < 1.29 is 44.7 Å². The molecular weight excluding hydrogens is 368 g/mol. The van der Waals surface area contributed by atoms with Crippen molar-refractivity contribution in [3.05, 3.63) is 36.4 Å². The van der Waals surface area contributed by atoms with Gasteiger partial charge in [-0.2, -0.15) is 0 Å². The molecule has 1 aromatic heterocycles. The zero-order chi connectivity index (χ0) is 20.0. The highest BCUT2D eigenvalue weighted by molar-refractivity contribution is 5.82. The van der Waals surface area contributed by atoms with Gasteiger partial charge in [0, 0.05) is 21.6 Å². The second-order valence-electron chi connectivity index (χ2n) is 6.86. The highest BCUT2D eigenvalue weighted by Crippen LogP contribution is 2.29. The molecule has 0 saturated heterocycles. The van der Waals surface area contributed by atoms with Crippen molar-refractivity contribution in [1.29, 1.82) is 0 Å². The lowest BCUT2D eigenvalue weighted by Gasteiger charge is -2.34. The average molecular weight is 390 g/mol. The molecule has 4 atom stereocenters. The maximum Gasteiger partial charge on any atom is 0.375 e. The molecule has 0 spiro atoms. The molecule has 1 heterocycles. The normalized spacial score (nSPS) is 25.1. The number of hydrogen-bond donors (Lipinski definition) is 5. The number of benzene rings is 2. The van der Waals surface area contributed by atoms with Crippen molar-refractivity contribution in [2.45, 2.75) is 37.3 Å². The third kappa shape index (κ3) is 2.75. The number of nitrogens with zero attached hydrogens (tertiary/aromatic N) is 2. The Kier molecular flexibility index (Phi) is 4.58. The second-order valence-corrected chi connectivity index (χ2v) is 6.86. The van der Waals surface area contributed by atoms with Crippen LogP contribution in [-0.2, 0) is 0 Å². The number of aromatic nitrogens is 2. The van der Waals surface area contributed by atoms with Crippen molar-refractivity contribution in [2.24, 2.45) is 0 Å². The van der Waals surface area contributed by atoms with Gasteiger partial charge in [-0.3, -0.25) is 10.4 Å². The molecule has 1 aliphatic carbocycles. The van der Waals surface area contributed by atoms with E-state index in [2.05, 4.69) is 0 Å². The van der Waals surface area contributed by atoms with Crippen molar-refractivity contribution in [1.82, 2.24) is 0 Å². The minimum atomic E-state index is -1.32. The van der Waals surface area contributed by atoms with Crippen molar-refractivity contribution in [3.8, 4) is 11.5 Å². The standard InChI is InChI=1S/C19H22N2O7/c1-27-13-6-2-4-10-16(13)20(25)11-5-3-7-14(17(11)21(10)26)28-15-9-8-12(22)18(23)19(15)24/h2-7,12,15,18-19,22-26H,8-9H2,1H3/q+2/t12-,15-,18+,19+/m1/s1. The molecule has 9 nitrogen and oxygen atoms in total. The molecule has 0 amide bonds. The van der Waals surface area contributed by atoms with Gasteiger partial charge in [0.15, 0.2) is 0 Å². The molecule has 0 radical (unpaired) electrons. The molecule has 1 aliphatic rings. The van der Waals surface area contributed by atoms with E-state index in [-0.39, 0.29) is 34.2 Å². The number of ether oxygens (including phenoxy) is 2. The van der Waals surface area contributed by atoms with Crippen LogP contribution in [0.15, 0.2) is 36.4 Å². The average Bonchev–Trinajstić information content (AvgIpc) is 2.71. The molecule has 1 saturated carbocycles. The minimum absolute atomic E-state index is 0.179. The van der Waals surface area contributed by atoms with Crippen LogP contribution in [0, 0.1) is 0 Å². The highest BCUT2D eigenvalue weighted by Gasteiger charge is 2.40. The molecule has 4 rings (SSSR count). The Morgan fingerprint density at radius 1 is 0.821 bits per heavy atom. The summed E-state index contributed by atoms with van der Waals surface area (Å²) >= 11 is 0. The van der Waals surface area contributed by atoms with E-state index >= 15 is 0 Å². The minimum Gasteiger partial charge on any atom is -0.490 e. The lowest BCUT2D eigenvalue weighted by molar-refractivity contribution is -0.894. The summed E-state index contributed by atoms with van der Waals surface area (Å²) in [6.07, 6.45) is -3.80. The summed E-state index contributed by atoms with van der Waals surface area (Å²) in [4.78, 5) is 0. The van der Waals surface area contributed by atoms with Crippen LogP contribution >= 0.6 is 0 Å².